The molecule has 3 aromatic heterocycles. The molecule has 0 saturated heterocycles. The summed E-state index contributed by atoms with van der Waals surface area (Å²) in [5.74, 6) is 0. The van der Waals surface area contributed by atoms with E-state index in [-0.39, 0.29) is 0 Å². The predicted octanol–water partition coefficient (Wildman–Crippen LogP) is 11.7. The van der Waals surface area contributed by atoms with Gasteiger partial charge in [-0.25, -0.2) is 0 Å². The fraction of sp³-hybridized carbons (Fsp3) is 0. The van der Waals surface area contributed by atoms with E-state index >= 15 is 0 Å². The Morgan fingerprint density at radius 2 is 1.11 bits per heavy atom. The van der Waals surface area contributed by atoms with Crippen molar-refractivity contribution in [3.05, 3.63) is 146 Å². The summed E-state index contributed by atoms with van der Waals surface area (Å²) in [4.78, 5) is 4.93. The van der Waals surface area contributed by atoms with Crippen LogP contribution in [0.5, 0.6) is 0 Å². The molecule has 44 heavy (non-hydrogen) atoms. The van der Waals surface area contributed by atoms with Crippen molar-refractivity contribution in [1.82, 2.24) is 9.55 Å². The van der Waals surface area contributed by atoms with Crippen LogP contribution in [0, 0.1) is 0 Å². The van der Waals surface area contributed by atoms with Crippen molar-refractivity contribution in [3.8, 4) is 16.8 Å². The van der Waals surface area contributed by atoms with E-state index in [2.05, 4.69) is 138 Å². The maximum atomic E-state index is 4.93. The summed E-state index contributed by atoms with van der Waals surface area (Å²) in [6, 6.07) is 50.9. The molecule has 0 unspecified atom stereocenters. The number of thiophene rings is 1. The van der Waals surface area contributed by atoms with Gasteiger partial charge in [-0.15, -0.1) is 11.3 Å². The SMILES string of the molecule is c1cc(-c2ccc3c4ccccc4c4ccccc4c3c2)cc(-n2c3cccnc3c3c4sc5ccccc5c4ccc32)c1. The third-order valence-electron chi connectivity index (χ3n) is 9.21. The van der Waals surface area contributed by atoms with E-state index in [0.29, 0.717) is 0 Å². The van der Waals surface area contributed by atoms with Crippen LogP contribution in [0.15, 0.2) is 146 Å². The number of hydrogen-bond acceptors (Lipinski definition) is 2. The van der Waals surface area contributed by atoms with Gasteiger partial charge in [0.25, 0.3) is 0 Å². The average molecular weight is 577 g/mol. The molecule has 2 nitrogen and oxygen atoms in total. The molecule has 7 aromatic carbocycles. The Balaban J connectivity index is 1.22. The second-order valence-electron chi connectivity index (χ2n) is 11.5. The topological polar surface area (TPSA) is 17.8 Å². The lowest BCUT2D eigenvalue weighted by Gasteiger charge is -2.13. The van der Waals surface area contributed by atoms with Crippen molar-refractivity contribution >= 4 is 85.8 Å². The van der Waals surface area contributed by atoms with Crippen LogP contribution in [0.1, 0.15) is 0 Å². The highest BCUT2D eigenvalue weighted by atomic mass is 32.1. The zero-order valence-electron chi connectivity index (χ0n) is 23.7. The number of nitrogens with zero attached hydrogens (tertiary/aromatic N) is 2. The lowest BCUT2D eigenvalue weighted by Crippen LogP contribution is -1.94. The van der Waals surface area contributed by atoms with E-state index in [9.17, 15) is 0 Å². The lowest BCUT2D eigenvalue weighted by atomic mass is 9.92. The average Bonchev–Trinajstić information content (AvgIpc) is 3.64. The number of rotatable bonds is 2. The first kappa shape index (κ1) is 24.0. The fourth-order valence-corrected chi connectivity index (χ4v) is 8.53. The molecule has 3 heteroatoms. The van der Waals surface area contributed by atoms with Crippen LogP contribution in [0.4, 0.5) is 0 Å². The molecule has 0 bridgehead atoms. The zero-order valence-corrected chi connectivity index (χ0v) is 24.5. The van der Waals surface area contributed by atoms with Gasteiger partial charge in [0.1, 0.15) is 0 Å². The summed E-state index contributed by atoms with van der Waals surface area (Å²) in [6.07, 6.45) is 1.91. The van der Waals surface area contributed by atoms with E-state index in [1.165, 1.54) is 74.5 Å². The van der Waals surface area contributed by atoms with Gasteiger partial charge in [0.2, 0.25) is 0 Å². The molecular formula is C41H24N2S. The molecule has 0 radical (unpaired) electrons. The molecule has 0 N–H and O–H groups in total. The number of fused-ring (bicyclic) bond motifs is 13. The van der Waals surface area contributed by atoms with Gasteiger partial charge < -0.3 is 4.57 Å². The lowest BCUT2D eigenvalue weighted by molar-refractivity contribution is 1.18. The second-order valence-corrected chi connectivity index (χ2v) is 12.6. The molecule has 10 rings (SSSR count). The summed E-state index contributed by atoms with van der Waals surface area (Å²) in [5, 5.41) is 11.6. The molecule has 0 aliphatic heterocycles. The summed E-state index contributed by atoms with van der Waals surface area (Å²) >= 11 is 1.86. The smallest absolute Gasteiger partial charge is 0.0977 e. The van der Waals surface area contributed by atoms with Gasteiger partial charge in [0, 0.05) is 37.4 Å². The largest absolute Gasteiger partial charge is 0.308 e. The van der Waals surface area contributed by atoms with Gasteiger partial charge in [-0.2, -0.15) is 0 Å². The molecule has 10 aromatic rings. The highest BCUT2D eigenvalue weighted by Gasteiger charge is 2.18. The van der Waals surface area contributed by atoms with E-state index < -0.39 is 0 Å². The molecule has 0 spiro atoms. The van der Waals surface area contributed by atoms with Gasteiger partial charge in [0.15, 0.2) is 0 Å². The third kappa shape index (κ3) is 3.27. The van der Waals surface area contributed by atoms with Crippen molar-refractivity contribution in [2.45, 2.75) is 0 Å². The third-order valence-corrected chi connectivity index (χ3v) is 10.4. The van der Waals surface area contributed by atoms with Crippen LogP contribution >= 0.6 is 11.3 Å². The molecule has 0 amide bonds. The van der Waals surface area contributed by atoms with E-state index in [0.717, 1.165) is 16.7 Å². The fourth-order valence-electron chi connectivity index (χ4n) is 7.28. The van der Waals surface area contributed by atoms with Gasteiger partial charge in [0.05, 0.1) is 16.6 Å². The minimum absolute atomic E-state index is 1.05. The predicted molar refractivity (Wildman–Crippen MR) is 189 cm³/mol. The maximum Gasteiger partial charge on any atom is 0.0977 e. The highest BCUT2D eigenvalue weighted by molar-refractivity contribution is 7.26. The van der Waals surface area contributed by atoms with Crippen LogP contribution in [0.3, 0.4) is 0 Å². The minimum Gasteiger partial charge on any atom is -0.308 e. The monoisotopic (exact) mass is 576 g/mol. The molecular weight excluding hydrogens is 553 g/mol. The molecule has 0 aliphatic rings. The van der Waals surface area contributed by atoms with Crippen molar-refractivity contribution in [2.24, 2.45) is 0 Å². The number of benzene rings is 7. The van der Waals surface area contributed by atoms with Crippen molar-refractivity contribution < 1.29 is 0 Å². The molecule has 204 valence electrons. The quantitative estimate of drug-likeness (QED) is 0.187. The Labute approximate surface area is 257 Å². The molecule has 0 saturated carbocycles. The minimum atomic E-state index is 1.05. The van der Waals surface area contributed by atoms with Crippen molar-refractivity contribution in [3.63, 3.8) is 0 Å². The van der Waals surface area contributed by atoms with Crippen LogP contribution < -0.4 is 0 Å². The van der Waals surface area contributed by atoms with E-state index in [1.54, 1.807) is 0 Å². The van der Waals surface area contributed by atoms with Crippen LogP contribution in [0.25, 0.3) is 91.2 Å². The van der Waals surface area contributed by atoms with Crippen molar-refractivity contribution in [1.29, 1.82) is 0 Å². The Bertz CT molecular complexity index is 2750. The molecule has 0 fully saturated rings. The van der Waals surface area contributed by atoms with E-state index in [1.807, 2.05) is 23.6 Å². The summed E-state index contributed by atoms with van der Waals surface area (Å²) in [7, 11) is 0. The first-order valence-corrected chi connectivity index (χ1v) is 15.8. The van der Waals surface area contributed by atoms with Gasteiger partial charge >= 0.3 is 0 Å². The van der Waals surface area contributed by atoms with Crippen molar-refractivity contribution in [2.75, 3.05) is 0 Å². The van der Waals surface area contributed by atoms with Crippen LogP contribution in [-0.2, 0) is 0 Å². The summed E-state index contributed by atoms with van der Waals surface area (Å²) in [5.41, 5.74) is 6.91. The molecule has 0 aliphatic carbocycles. The van der Waals surface area contributed by atoms with Gasteiger partial charge in [-0.05, 0) is 85.9 Å². The Hall–Kier alpha value is -5.51. The first-order valence-electron chi connectivity index (χ1n) is 15.0. The Kier molecular flexibility index (Phi) is 4.90. The standard InChI is InChI=1S/C41H24N2S/c1-2-13-30-28(11-1)29-12-3-4-14-31(29)35-24-26(18-19-32(30)35)25-9-7-10-27(23-25)43-36-21-20-34-33-15-5-6-17-38(33)44-41(34)39(36)40-37(43)16-8-22-42-40/h1-24H. The summed E-state index contributed by atoms with van der Waals surface area (Å²) in [6.45, 7) is 0. The number of hydrogen-bond donors (Lipinski definition) is 0. The normalized spacial score (nSPS) is 12.1. The van der Waals surface area contributed by atoms with Gasteiger partial charge in [-0.3, -0.25) is 4.98 Å². The Morgan fingerprint density at radius 3 is 1.91 bits per heavy atom. The number of aromatic nitrogens is 2. The summed E-state index contributed by atoms with van der Waals surface area (Å²) < 4.78 is 5.00. The molecule has 0 atom stereocenters. The highest BCUT2D eigenvalue weighted by Crippen LogP contribution is 2.43. The van der Waals surface area contributed by atoms with Crippen LogP contribution in [-0.4, -0.2) is 9.55 Å². The second kappa shape index (κ2) is 9.00. The Morgan fingerprint density at radius 1 is 0.455 bits per heavy atom. The maximum absolute atomic E-state index is 4.93. The zero-order chi connectivity index (χ0) is 28.8. The number of pyridine rings is 1. The first-order chi connectivity index (χ1) is 21.8. The van der Waals surface area contributed by atoms with Gasteiger partial charge in [-0.1, -0.05) is 97.1 Å². The van der Waals surface area contributed by atoms with E-state index in [4.69, 9.17) is 4.98 Å². The molecule has 3 heterocycles. The van der Waals surface area contributed by atoms with Crippen LogP contribution in [0.2, 0.25) is 0 Å².